The van der Waals surface area contributed by atoms with Gasteiger partial charge in [-0.15, -0.1) is 0 Å². The lowest BCUT2D eigenvalue weighted by molar-refractivity contribution is 0.0371. The molecule has 2 nitrogen and oxygen atoms in total. The first-order valence-corrected chi connectivity index (χ1v) is 9.37. The molecule has 1 heterocycles. The van der Waals surface area contributed by atoms with Crippen LogP contribution in [0.5, 0.6) is 0 Å². The number of halogens is 1. The number of hydrogen-bond donors (Lipinski definition) is 1. The average molecular weight is 359 g/mol. The molecule has 0 bridgehead atoms. The minimum Gasteiger partial charge on any atom is -0.309 e. The summed E-state index contributed by atoms with van der Waals surface area (Å²) in [6, 6.07) is 0.408. The van der Waals surface area contributed by atoms with E-state index < -0.39 is 0 Å². The van der Waals surface area contributed by atoms with Gasteiger partial charge in [-0.05, 0) is 66.3 Å². The van der Waals surface area contributed by atoms with Crippen molar-refractivity contribution in [3.63, 3.8) is 0 Å². The summed E-state index contributed by atoms with van der Waals surface area (Å²) in [6.07, 6.45) is 5.27. The summed E-state index contributed by atoms with van der Waals surface area (Å²) in [4.78, 5) is 2.47. The van der Waals surface area contributed by atoms with Gasteiger partial charge in [0, 0.05) is 15.4 Å². The highest BCUT2D eigenvalue weighted by atomic mass is 79.9. The molecule has 0 saturated heterocycles. The lowest BCUT2D eigenvalue weighted by Crippen LogP contribution is -2.56. The van der Waals surface area contributed by atoms with Crippen molar-refractivity contribution in [1.29, 1.82) is 0 Å². The summed E-state index contributed by atoms with van der Waals surface area (Å²) in [5.41, 5.74) is 1.66. The van der Waals surface area contributed by atoms with E-state index in [0.717, 1.165) is 12.5 Å². The maximum absolute atomic E-state index is 3.77. The second-order valence-corrected chi connectivity index (χ2v) is 7.96. The Balaban J connectivity index is 2.40. The van der Waals surface area contributed by atoms with Crippen molar-refractivity contribution >= 4 is 27.3 Å². The predicted molar refractivity (Wildman–Crippen MR) is 92.5 cm³/mol. The van der Waals surface area contributed by atoms with Crippen molar-refractivity contribution in [2.75, 3.05) is 20.6 Å². The lowest BCUT2D eigenvalue weighted by atomic mass is 9.70. The average Bonchev–Trinajstić information content (AvgIpc) is 2.81. The molecule has 4 heteroatoms. The van der Waals surface area contributed by atoms with Crippen LogP contribution >= 0.6 is 27.3 Å². The Morgan fingerprint density at radius 2 is 2.25 bits per heavy atom. The molecule has 0 aliphatic heterocycles. The minimum absolute atomic E-state index is 0.233. The molecule has 0 amide bonds. The summed E-state index contributed by atoms with van der Waals surface area (Å²) in [5.74, 6) is 0.810. The fourth-order valence-electron chi connectivity index (χ4n) is 3.78. The first-order chi connectivity index (χ1) is 9.51. The molecule has 1 aromatic heterocycles. The zero-order valence-corrected chi connectivity index (χ0v) is 15.5. The van der Waals surface area contributed by atoms with Crippen LogP contribution in [0.4, 0.5) is 0 Å². The van der Waals surface area contributed by atoms with Gasteiger partial charge in [0.15, 0.2) is 0 Å². The van der Waals surface area contributed by atoms with Crippen LogP contribution in [-0.2, 0) is 0 Å². The van der Waals surface area contributed by atoms with E-state index in [2.05, 4.69) is 64.8 Å². The molecule has 1 saturated carbocycles. The third kappa shape index (κ3) is 3.13. The van der Waals surface area contributed by atoms with Gasteiger partial charge in [0.05, 0.1) is 6.04 Å². The molecule has 1 aliphatic rings. The number of thiophene rings is 1. The summed E-state index contributed by atoms with van der Waals surface area (Å²) in [7, 11) is 4.51. The monoisotopic (exact) mass is 358 g/mol. The third-order valence-electron chi connectivity index (χ3n) is 4.80. The SMILES string of the molecule is CCNC(c1cscc1Br)C1(N(C)C)CCCC(C)C1. The molecule has 0 aromatic carbocycles. The number of likely N-dealkylation sites (N-methyl/N-ethyl adjacent to an activating group) is 2. The molecule has 2 rings (SSSR count). The quantitative estimate of drug-likeness (QED) is 0.822. The zero-order valence-electron chi connectivity index (χ0n) is 13.1. The molecule has 1 N–H and O–H groups in total. The summed E-state index contributed by atoms with van der Waals surface area (Å²) < 4.78 is 1.26. The van der Waals surface area contributed by atoms with E-state index in [0.29, 0.717) is 6.04 Å². The molecule has 1 aliphatic carbocycles. The largest absolute Gasteiger partial charge is 0.309 e. The zero-order chi connectivity index (χ0) is 14.8. The van der Waals surface area contributed by atoms with Gasteiger partial charge in [-0.3, -0.25) is 0 Å². The number of hydrogen-bond acceptors (Lipinski definition) is 3. The summed E-state index contributed by atoms with van der Waals surface area (Å²) in [6.45, 7) is 5.63. The van der Waals surface area contributed by atoms with E-state index in [9.17, 15) is 0 Å². The van der Waals surface area contributed by atoms with E-state index in [-0.39, 0.29) is 5.54 Å². The Bertz CT molecular complexity index is 432. The normalized spacial score (nSPS) is 28.8. The van der Waals surface area contributed by atoms with Gasteiger partial charge >= 0.3 is 0 Å². The second-order valence-electron chi connectivity index (χ2n) is 6.37. The van der Waals surface area contributed by atoms with Crippen molar-refractivity contribution in [1.82, 2.24) is 10.2 Å². The Morgan fingerprint density at radius 1 is 1.50 bits per heavy atom. The van der Waals surface area contributed by atoms with Crippen LogP contribution in [0.1, 0.15) is 51.1 Å². The minimum atomic E-state index is 0.233. The van der Waals surface area contributed by atoms with Crippen molar-refractivity contribution in [3.8, 4) is 0 Å². The number of rotatable bonds is 5. The van der Waals surface area contributed by atoms with Crippen molar-refractivity contribution in [2.45, 2.75) is 51.1 Å². The second kappa shape index (κ2) is 6.91. The van der Waals surface area contributed by atoms with Crippen LogP contribution < -0.4 is 5.32 Å². The van der Waals surface area contributed by atoms with Crippen molar-refractivity contribution in [3.05, 3.63) is 20.8 Å². The molecule has 0 radical (unpaired) electrons. The Labute approximate surface area is 136 Å². The van der Waals surface area contributed by atoms with Gasteiger partial charge in [-0.25, -0.2) is 0 Å². The smallest absolute Gasteiger partial charge is 0.0526 e. The van der Waals surface area contributed by atoms with Crippen LogP contribution in [0, 0.1) is 5.92 Å². The van der Waals surface area contributed by atoms with Gasteiger partial charge in [0.25, 0.3) is 0 Å². The number of nitrogens with zero attached hydrogens (tertiary/aromatic N) is 1. The number of nitrogens with one attached hydrogen (secondary N) is 1. The Hall–Kier alpha value is 0.1000. The van der Waals surface area contributed by atoms with Crippen LogP contribution in [-0.4, -0.2) is 31.1 Å². The molecule has 1 fully saturated rings. The fourth-order valence-corrected chi connectivity index (χ4v) is 5.33. The molecule has 1 aromatic rings. The van der Waals surface area contributed by atoms with Gasteiger partial charge in [-0.2, -0.15) is 11.3 Å². The van der Waals surface area contributed by atoms with Gasteiger partial charge in [0.2, 0.25) is 0 Å². The highest BCUT2D eigenvalue weighted by molar-refractivity contribution is 9.10. The highest BCUT2D eigenvalue weighted by Gasteiger charge is 2.44. The van der Waals surface area contributed by atoms with Crippen LogP contribution in [0.3, 0.4) is 0 Å². The van der Waals surface area contributed by atoms with E-state index >= 15 is 0 Å². The molecule has 3 atom stereocenters. The molecule has 20 heavy (non-hydrogen) atoms. The Morgan fingerprint density at radius 3 is 2.75 bits per heavy atom. The maximum atomic E-state index is 3.77. The predicted octanol–water partition coefficient (Wildman–Crippen LogP) is 4.67. The highest BCUT2D eigenvalue weighted by Crippen LogP contribution is 2.46. The molecular weight excluding hydrogens is 332 g/mol. The van der Waals surface area contributed by atoms with Gasteiger partial charge in [-0.1, -0.05) is 26.7 Å². The van der Waals surface area contributed by atoms with Crippen LogP contribution in [0.15, 0.2) is 15.2 Å². The van der Waals surface area contributed by atoms with E-state index in [1.54, 1.807) is 11.3 Å². The van der Waals surface area contributed by atoms with Crippen LogP contribution in [0.2, 0.25) is 0 Å². The summed E-state index contributed by atoms with van der Waals surface area (Å²) >= 11 is 5.53. The molecular formula is C16H27BrN2S. The van der Waals surface area contributed by atoms with Crippen molar-refractivity contribution < 1.29 is 0 Å². The fraction of sp³-hybridized carbons (Fsp3) is 0.750. The first kappa shape index (κ1) is 16.5. The van der Waals surface area contributed by atoms with E-state index in [4.69, 9.17) is 0 Å². The topological polar surface area (TPSA) is 15.3 Å². The lowest BCUT2D eigenvalue weighted by Gasteiger charge is -2.50. The Kier molecular flexibility index (Phi) is 5.69. The standard InChI is InChI=1S/C16H27BrN2S/c1-5-18-15(13-10-20-11-14(13)17)16(19(3)4)8-6-7-12(2)9-16/h10-12,15,18H,5-9H2,1-4H3. The van der Waals surface area contributed by atoms with Crippen LogP contribution in [0.25, 0.3) is 0 Å². The van der Waals surface area contributed by atoms with Gasteiger partial charge < -0.3 is 10.2 Å². The molecule has 3 unspecified atom stereocenters. The van der Waals surface area contributed by atoms with E-state index in [1.807, 2.05) is 0 Å². The van der Waals surface area contributed by atoms with Gasteiger partial charge in [0.1, 0.15) is 0 Å². The van der Waals surface area contributed by atoms with Crippen molar-refractivity contribution in [2.24, 2.45) is 5.92 Å². The third-order valence-corrected chi connectivity index (χ3v) is 6.55. The first-order valence-electron chi connectivity index (χ1n) is 7.63. The summed E-state index contributed by atoms with van der Waals surface area (Å²) in [5, 5.41) is 8.28. The van der Waals surface area contributed by atoms with E-state index in [1.165, 1.54) is 35.7 Å². The molecule has 0 spiro atoms. The maximum Gasteiger partial charge on any atom is 0.0526 e. The molecule has 114 valence electrons.